The Labute approximate surface area is 110 Å². The molecule has 6 heteroatoms. The number of hydrogen-bond donors (Lipinski definition) is 1. The van der Waals surface area contributed by atoms with Crippen molar-refractivity contribution in [3.63, 3.8) is 0 Å². The van der Waals surface area contributed by atoms with Crippen LogP contribution in [0.15, 0.2) is 24.3 Å². The Hall–Kier alpha value is -0.340. The van der Waals surface area contributed by atoms with Gasteiger partial charge in [0.2, 0.25) is 10.0 Å². The summed E-state index contributed by atoms with van der Waals surface area (Å²) >= 11 is 2.13. The summed E-state index contributed by atoms with van der Waals surface area (Å²) in [7, 11) is -3.30. The van der Waals surface area contributed by atoms with Crippen molar-refractivity contribution in [2.45, 2.75) is 6.92 Å². The second-order valence-electron chi connectivity index (χ2n) is 3.13. The van der Waals surface area contributed by atoms with Gasteiger partial charge >= 0.3 is 0 Å². The SMILES string of the molecule is CCOCCS(=O)(=O)Nc1cccc(I)c1. The van der Waals surface area contributed by atoms with E-state index in [0.717, 1.165) is 3.57 Å². The summed E-state index contributed by atoms with van der Waals surface area (Å²) in [5.41, 5.74) is 0.586. The average Bonchev–Trinajstić information content (AvgIpc) is 2.17. The summed E-state index contributed by atoms with van der Waals surface area (Å²) in [4.78, 5) is 0. The first-order valence-electron chi connectivity index (χ1n) is 4.87. The summed E-state index contributed by atoms with van der Waals surface area (Å²) in [6.07, 6.45) is 0. The number of ether oxygens (including phenoxy) is 1. The quantitative estimate of drug-likeness (QED) is 0.628. The van der Waals surface area contributed by atoms with Crippen molar-refractivity contribution in [1.82, 2.24) is 0 Å². The van der Waals surface area contributed by atoms with Gasteiger partial charge in [-0.15, -0.1) is 0 Å². The van der Waals surface area contributed by atoms with E-state index in [1.807, 2.05) is 19.1 Å². The summed E-state index contributed by atoms with van der Waals surface area (Å²) in [6, 6.07) is 7.21. The molecule has 1 rings (SSSR count). The van der Waals surface area contributed by atoms with Crippen molar-refractivity contribution < 1.29 is 13.2 Å². The molecule has 0 radical (unpaired) electrons. The van der Waals surface area contributed by atoms with Gasteiger partial charge in [0, 0.05) is 15.9 Å². The van der Waals surface area contributed by atoms with E-state index in [1.54, 1.807) is 12.1 Å². The molecule has 0 amide bonds. The summed E-state index contributed by atoms with van der Waals surface area (Å²) in [5, 5.41) is 0. The Morgan fingerprint density at radius 3 is 2.81 bits per heavy atom. The van der Waals surface area contributed by atoms with Crippen LogP contribution in [0.5, 0.6) is 0 Å². The van der Waals surface area contributed by atoms with E-state index >= 15 is 0 Å². The monoisotopic (exact) mass is 355 g/mol. The molecule has 0 aliphatic carbocycles. The van der Waals surface area contributed by atoms with Gasteiger partial charge in [0.1, 0.15) is 0 Å². The van der Waals surface area contributed by atoms with Crippen LogP contribution in [0, 0.1) is 3.57 Å². The van der Waals surface area contributed by atoms with Gasteiger partial charge in [-0.25, -0.2) is 8.42 Å². The van der Waals surface area contributed by atoms with Crippen LogP contribution in [0.4, 0.5) is 5.69 Å². The third-order valence-electron chi connectivity index (χ3n) is 1.80. The number of halogens is 1. The smallest absolute Gasteiger partial charge is 0.235 e. The van der Waals surface area contributed by atoms with Crippen molar-refractivity contribution in [3.8, 4) is 0 Å². The van der Waals surface area contributed by atoms with Gasteiger partial charge in [0.05, 0.1) is 12.4 Å². The zero-order valence-corrected chi connectivity index (χ0v) is 11.9. The van der Waals surface area contributed by atoms with Gasteiger partial charge in [0.15, 0.2) is 0 Å². The van der Waals surface area contributed by atoms with E-state index in [-0.39, 0.29) is 12.4 Å². The highest BCUT2D eigenvalue weighted by atomic mass is 127. The maximum absolute atomic E-state index is 11.6. The van der Waals surface area contributed by atoms with Crippen LogP contribution in [0.2, 0.25) is 0 Å². The predicted octanol–water partition coefficient (Wildman–Crippen LogP) is 2.07. The molecule has 0 aromatic heterocycles. The highest BCUT2D eigenvalue weighted by molar-refractivity contribution is 14.1. The zero-order valence-electron chi connectivity index (χ0n) is 8.94. The number of anilines is 1. The number of benzene rings is 1. The van der Waals surface area contributed by atoms with Crippen molar-refractivity contribution in [2.75, 3.05) is 23.7 Å². The van der Waals surface area contributed by atoms with Crippen molar-refractivity contribution in [2.24, 2.45) is 0 Å². The Kier molecular flexibility index (Phi) is 5.50. The molecule has 16 heavy (non-hydrogen) atoms. The van der Waals surface area contributed by atoms with Crippen LogP contribution < -0.4 is 4.72 Å². The number of nitrogens with one attached hydrogen (secondary N) is 1. The molecule has 0 fully saturated rings. The molecule has 0 aliphatic rings. The molecule has 0 heterocycles. The lowest BCUT2D eigenvalue weighted by molar-refractivity contribution is 0.163. The summed E-state index contributed by atoms with van der Waals surface area (Å²) < 4.78 is 31.7. The van der Waals surface area contributed by atoms with E-state index in [1.165, 1.54) is 0 Å². The molecule has 90 valence electrons. The molecule has 0 saturated carbocycles. The molecule has 4 nitrogen and oxygen atoms in total. The fraction of sp³-hybridized carbons (Fsp3) is 0.400. The molecule has 0 bridgehead atoms. The zero-order chi connectivity index (χ0) is 12.0. The van der Waals surface area contributed by atoms with Gasteiger partial charge in [0.25, 0.3) is 0 Å². The van der Waals surface area contributed by atoms with Gasteiger partial charge in [-0.1, -0.05) is 6.07 Å². The molecule has 0 saturated heterocycles. The molecule has 0 unspecified atom stereocenters. The first-order valence-corrected chi connectivity index (χ1v) is 7.60. The molecule has 1 aromatic carbocycles. The average molecular weight is 355 g/mol. The minimum atomic E-state index is -3.30. The first kappa shape index (κ1) is 13.7. The van der Waals surface area contributed by atoms with Crippen LogP contribution in [-0.4, -0.2) is 27.4 Å². The van der Waals surface area contributed by atoms with E-state index in [4.69, 9.17) is 4.74 Å². The van der Waals surface area contributed by atoms with E-state index < -0.39 is 10.0 Å². The molecule has 0 aliphatic heterocycles. The van der Waals surface area contributed by atoms with Crippen molar-refractivity contribution in [3.05, 3.63) is 27.8 Å². The Morgan fingerprint density at radius 1 is 1.44 bits per heavy atom. The lowest BCUT2D eigenvalue weighted by Crippen LogP contribution is -2.20. The van der Waals surface area contributed by atoms with E-state index in [9.17, 15) is 8.42 Å². The predicted molar refractivity (Wildman–Crippen MR) is 73.1 cm³/mol. The second-order valence-corrected chi connectivity index (χ2v) is 6.22. The summed E-state index contributed by atoms with van der Waals surface area (Å²) in [5.74, 6) is -0.0215. The van der Waals surface area contributed by atoms with Crippen LogP contribution in [0.25, 0.3) is 0 Å². The van der Waals surface area contributed by atoms with Crippen LogP contribution in [-0.2, 0) is 14.8 Å². The molecule has 1 N–H and O–H groups in total. The third kappa shape index (κ3) is 5.13. The van der Waals surface area contributed by atoms with Gasteiger partial charge in [-0.05, 0) is 47.7 Å². The van der Waals surface area contributed by atoms with Crippen molar-refractivity contribution >= 4 is 38.3 Å². The number of hydrogen-bond acceptors (Lipinski definition) is 3. The molecular weight excluding hydrogens is 341 g/mol. The topological polar surface area (TPSA) is 55.4 Å². The molecule has 0 atom stereocenters. The van der Waals surface area contributed by atoms with Gasteiger partial charge in [-0.3, -0.25) is 4.72 Å². The summed E-state index contributed by atoms with van der Waals surface area (Å²) in [6.45, 7) is 2.58. The van der Waals surface area contributed by atoms with Crippen LogP contribution in [0.1, 0.15) is 6.92 Å². The van der Waals surface area contributed by atoms with Gasteiger partial charge in [-0.2, -0.15) is 0 Å². The molecule has 1 aromatic rings. The minimum Gasteiger partial charge on any atom is -0.381 e. The lowest BCUT2D eigenvalue weighted by atomic mass is 10.3. The Morgan fingerprint density at radius 2 is 2.19 bits per heavy atom. The fourth-order valence-electron chi connectivity index (χ4n) is 1.10. The van der Waals surface area contributed by atoms with Crippen LogP contribution >= 0.6 is 22.6 Å². The largest absolute Gasteiger partial charge is 0.381 e. The lowest BCUT2D eigenvalue weighted by Gasteiger charge is -2.08. The van der Waals surface area contributed by atoms with Crippen LogP contribution in [0.3, 0.4) is 0 Å². The van der Waals surface area contributed by atoms with Gasteiger partial charge < -0.3 is 4.74 Å². The number of sulfonamides is 1. The first-order chi connectivity index (χ1) is 7.53. The van der Waals surface area contributed by atoms with E-state index in [2.05, 4.69) is 27.3 Å². The molecular formula is C10H14INO3S. The Balaban J connectivity index is 2.59. The normalized spacial score (nSPS) is 11.4. The fourth-order valence-corrected chi connectivity index (χ4v) is 2.56. The highest BCUT2D eigenvalue weighted by Gasteiger charge is 2.09. The van der Waals surface area contributed by atoms with E-state index in [0.29, 0.717) is 12.3 Å². The second kappa shape index (κ2) is 6.41. The Bertz CT molecular complexity index is 433. The standard InChI is InChI=1S/C10H14INO3S/c1-2-15-6-7-16(13,14)12-10-5-3-4-9(11)8-10/h3-5,8,12H,2,6-7H2,1H3. The minimum absolute atomic E-state index is 0.0215. The third-order valence-corrected chi connectivity index (χ3v) is 3.72. The number of rotatable bonds is 6. The maximum atomic E-state index is 11.6. The van der Waals surface area contributed by atoms with Crippen molar-refractivity contribution in [1.29, 1.82) is 0 Å². The highest BCUT2D eigenvalue weighted by Crippen LogP contribution is 2.13. The maximum Gasteiger partial charge on any atom is 0.235 e. The molecule has 0 spiro atoms.